The van der Waals surface area contributed by atoms with Gasteiger partial charge in [0.25, 0.3) is 0 Å². The topological polar surface area (TPSA) is 35.6 Å². The first-order valence-electron chi connectivity index (χ1n) is 7.92. The highest BCUT2D eigenvalue weighted by Gasteiger charge is 2.24. The number of piperidine rings is 1. The van der Waals surface area contributed by atoms with Crippen molar-refractivity contribution in [3.63, 3.8) is 0 Å². The van der Waals surface area contributed by atoms with Crippen molar-refractivity contribution in [2.24, 2.45) is 0 Å². The van der Waals surface area contributed by atoms with Crippen LogP contribution in [0.3, 0.4) is 0 Å². The summed E-state index contributed by atoms with van der Waals surface area (Å²) < 4.78 is 0. The molecule has 0 aromatic heterocycles. The molecule has 2 fully saturated rings. The molecule has 0 aromatic rings. The fourth-order valence-electron chi connectivity index (χ4n) is 3.11. The van der Waals surface area contributed by atoms with Gasteiger partial charge in [-0.1, -0.05) is 0 Å². The first-order chi connectivity index (χ1) is 9.16. The standard InChI is InChI=1S/C15H29N3O/c1-13(2)18-11-7-14(12-18)16-8-6-15(19)17-9-4-3-5-10-17/h13-14,16H,3-12H2,1-2H3. The zero-order chi connectivity index (χ0) is 13.7. The van der Waals surface area contributed by atoms with E-state index >= 15 is 0 Å². The van der Waals surface area contributed by atoms with Crippen LogP contribution in [0, 0.1) is 0 Å². The van der Waals surface area contributed by atoms with Crippen LogP contribution in [-0.4, -0.2) is 60.5 Å². The van der Waals surface area contributed by atoms with E-state index in [2.05, 4.69) is 24.1 Å². The summed E-state index contributed by atoms with van der Waals surface area (Å²) in [5.41, 5.74) is 0. The van der Waals surface area contributed by atoms with Gasteiger partial charge in [-0.05, 0) is 46.1 Å². The second kappa shape index (κ2) is 7.25. The summed E-state index contributed by atoms with van der Waals surface area (Å²) in [5.74, 6) is 0.339. The Morgan fingerprint density at radius 1 is 1.21 bits per heavy atom. The minimum atomic E-state index is 0.339. The van der Waals surface area contributed by atoms with Crippen molar-refractivity contribution in [2.75, 3.05) is 32.7 Å². The quantitative estimate of drug-likeness (QED) is 0.819. The van der Waals surface area contributed by atoms with Crippen molar-refractivity contribution in [3.8, 4) is 0 Å². The van der Waals surface area contributed by atoms with Crippen LogP contribution < -0.4 is 5.32 Å². The summed E-state index contributed by atoms with van der Waals surface area (Å²) in [7, 11) is 0. The predicted molar refractivity (Wildman–Crippen MR) is 78.2 cm³/mol. The third-order valence-electron chi connectivity index (χ3n) is 4.43. The number of nitrogens with one attached hydrogen (secondary N) is 1. The Labute approximate surface area is 117 Å². The molecule has 1 atom stereocenters. The number of likely N-dealkylation sites (tertiary alicyclic amines) is 2. The maximum atomic E-state index is 12.0. The van der Waals surface area contributed by atoms with Gasteiger partial charge in [0.15, 0.2) is 0 Å². The van der Waals surface area contributed by atoms with E-state index in [1.807, 2.05) is 4.90 Å². The summed E-state index contributed by atoms with van der Waals surface area (Å²) in [6.07, 6.45) is 5.54. The van der Waals surface area contributed by atoms with E-state index in [1.54, 1.807) is 0 Å². The molecule has 19 heavy (non-hydrogen) atoms. The molecule has 4 nitrogen and oxygen atoms in total. The van der Waals surface area contributed by atoms with Gasteiger partial charge >= 0.3 is 0 Å². The van der Waals surface area contributed by atoms with Crippen LogP contribution in [0.2, 0.25) is 0 Å². The Morgan fingerprint density at radius 2 is 1.95 bits per heavy atom. The molecule has 4 heteroatoms. The maximum Gasteiger partial charge on any atom is 0.223 e. The molecule has 2 aliphatic rings. The highest BCUT2D eigenvalue weighted by molar-refractivity contribution is 5.76. The molecule has 0 aromatic carbocycles. The second-order valence-corrected chi connectivity index (χ2v) is 6.22. The summed E-state index contributed by atoms with van der Waals surface area (Å²) in [6.45, 7) is 9.62. The molecule has 0 saturated carbocycles. The predicted octanol–water partition coefficient (Wildman–Crippen LogP) is 1.46. The van der Waals surface area contributed by atoms with E-state index in [9.17, 15) is 4.79 Å². The van der Waals surface area contributed by atoms with Crippen LogP contribution in [0.5, 0.6) is 0 Å². The van der Waals surface area contributed by atoms with Crippen molar-refractivity contribution >= 4 is 5.91 Å². The monoisotopic (exact) mass is 267 g/mol. The molecule has 0 radical (unpaired) electrons. The van der Waals surface area contributed by atoms with Gasteiger partial charge in [0.05, 0.1) is 0 Å². The fourth-order valence-corrected chi connectivity index (χ4v) is 3.11. The zero-order valence-corrected chi connectivity index (χ0v) is 12.5. The molecule has 2 saturated heterocycles. The first-order valence-corrected chi connectivity index (χ1v) is 7.92. The Balaban J connectivity index is 1.60. The van der Waals surface area contributed by atoms with E-state index < -0.39 is 0 Å². The van der Waals surface area contributed by atoms with Gasteiger partial charge in [0, 0.05) is 44.7 Å². The smallest absolute Gasteiger partial charge is 0.223 e. The van der Waals surface area contributed by atoms with Crippen molar-refractivity contribution in [2.45, 2.75) is 58.0 Å². The van der Waals surface area contributed by atoms with Gasteiger partial charge in [-0.3, -0.25) is 9.69 Å². The van der Waals surface area contributed by atoms with E-state index in [1.165, 1.54) is 32.2 Å². The van der Waals surface area contributed by atoms with E-state index in [0.717, 1.165) is 26.2 Å². The number of carbonyl (C=O) groups excluding carboxylic acids is 1. The molecular weight excluding hydrogens is 238 g/mol. The van der Waals surface area contributed by atoms with Crippen molar-refractivity contribution in [1.29, 1.82) is 0 Å². The number of hydrogen-bond donors (Lipinski definition) is 1. The van der Waals surface area contributed by atoms with Crippen LogP contribution in [0.25, 0.3) is 0 Å². The van der Waals surface area contributed by atoms with Gasteiger partial charge in [-0.2, -0.15) is 0 Å². The van der Waals surface area contributed by atoms with Crippen LogP contribution in [-0.2, 0) is 4.79 Å². The number of hydrogen-bond acceptors (Lipinski definition) is 3. The molecule has 1 amide bonds. The zero-order valence-electron chi connectivity index (χ0n) is 12.5. The molecule has 0 spiro atoms. The van der Waals surface area contributed by atoms with Crippen molar-refractivity contribution in [3.05, 3.63) is 0 Å². The summed E-state index contributed by atoms with van der Waals surface area (Å²) >= 11 is 0. The molecule has 1 N–H and O–H groups in total. The van der Waals surface area contributed by atoms with Crippen molar-refractivity contribution in [1.82, 2.24) is 15.1 Å². The third-order valence-corrected chi connectivity index (χ3v) is 4.43. The lowest BCUT2D eigenvalue weighted by atomic mass is 10.1. The highest BCUT2D eigenvalue weighted by atomic mass is 16.2. The number of nitrogens with zero attached hydrogens (tertiary/aromatic N) is 2. The largest absolute Gasteiger partial charge is 0.343 e. The van der Waals surface area contributed by atoms with E-state index in [4.69, 9.17) is 0 Å². The lowest BCUT2D eigenvalue weighted by molar-refractivity contribution is -0.132. The lowest BCUT2D eigenvalue weighted by Crippen LogP contribution is -2.39. The number of rotatable bonds is 5. The van der Waals surface area contributed by atoms with Gasteiger partial charge in [0.2, 0.25) is 5.91 Å². The Bertz CT molecular complexity index is 287. The average molecular weight is 267 g/mol. The second-order valence-electron chi connectivity index (χ2n) is 6.22. The van der Waals surface area contributed by atoms with Crippen molar-refractivity contribution < 1.29 is 4.79 Å². The molecule has 2 aliphatic heterocycles. The summed E-state index contributed by atoms with van der Waals surface area (Å²) in [4.78, 5) is 16.6. The van der Waals surface area contributed by atoms with Gasteiger partial charge in [-0.15, -0.1) is 0 Å². The first kappa shape index (κ1) is 14.8. The molecule has 0 aliphatic carbocycles. The minimum Gasteiger partial charge on any atom is -0.343 e. The molecule has 2 rings (SSSR count). The highest BCUT2D eigenvalue weighted by Crippen LogP contribution is 2.13. The Morgan fingerprint density at radius 3 is 2.58 bits per heavy atom. The van der Waals surface area contributed by atoms with Gasteiger partial charge < -0.3 is 10.2 Å². The Kier molecular flexibility index (Phi) is 5.64. The summed E-state index contributed by atoms with van der Waals surface area (Å²) in [6, 6.07) is 1.22. The average Bonchev–Trinajstić information content (AvgIpc) is 2.89. The van der Waals surface area contributed by atoms with Crippen LogP contribution >= 0.6 is 0 Å². The molecular formula is C15H29N3O. The molecule has 2 heterocycles. The SMILES string of the molecule is CC(C)N1CCC(NCCC(=O)N2CCCCC2)C1. The van der Waals surface area contributed by atoms with E-state index in [-0.39, 0.29) is 0 Å². The molecule has 1 unspecified atom stereocenters. The number of amides is 1. The normalized spacial score (nSPS) is 25.2. The van der Waals surface area contributed by atoms with Crippen LogP contribution in [0.1, 0.15) is 46.0 Å². The minimum absolute atomic E-state index is 0.339. The van der Waals surface area contributed by atoms with E-state index in [0.29, 0.717) is 24.4 Å². The van der Waals surface area contributed by atoms with Crippen LogP contribution in [0.15, 0.2) is 0 Å². The lowest BCUT2D eigenvalue weighted by Gasteiger charge is -2.27. The molecule has 0 bridgehead atoms. The van der Waals surface area contributed by atoms with Gasteiger partial charge in [-0.25, -0.2) is 0 Å². The molecule has 110 valence electrons. The third kappa shape index (κ3) is 4.46. The maximum absolute atomic E-state index is 12.0. The fraction of sp³-hybridized carbons (Fsp3) is 0.933. The number of carbonyl (C=O) groups is 1. The summed E-state index contributed by atoms with van der Waals surface area (Å²) in [5, 5.41) is 3.55. The van der Waals surface area contributed by atoms with Gasteiger partial charge in [0.1, 0.15) is 0 Å². The van der Waals surface area contributed by atoms with Crippen LogP contribution in [0.4, 0.5) is 0 Å². The Hall–Kier alpha value is -0.610.